The summed E-state index contributed by atoms with van der Waals surface area (Å²) in [4.78, 5) is 16.2. The SMILES string of the molecule is CC(C)c1nc2c(c(-c3ccc(F)cc3)c1/C=C/[C@@H]1C[C@H](CC(=O)O)OC(C)(C)O1)CCCN2S(C)(=O)=O. The van der Waals surface area contributed by atoms with E-state index >= 15 is 0 Å². The minimum atomic E-state index is -3.55. The van der Waals surface area contributed by atoms with Gasteiger partial charge in [0, 0.05) is 24.1 Å². The molecule has 1 fully saturated rings. The Kier molecular flexibility index (Phi) is 7.97. The molecule has 2 atom stereocenters. The Bertz CT molecular complexity index is 1340. The maximum absolute atomic E-state index is 13.9. The van der Waals surface area contributed by atoms with Gasteiger partial charge in [-0.25, -0.2) is 17.8 Å². The Labute approximate surface area is 223 Å². The molecule has 0 saturated carbocycles. The van der Waals surface area contributed by atoms with Crippen molar-refractivity contribution in [2.45, 2.75) is 77.3 Å². The van der Waals surface area contributed by atoms with Crippen LogP contribution in [0.3, 0.4) is 0 Å². The van der Waals surface area contributed by atoms with E-state index in [0.717, 1.165) is 22.3 Å². The first-order valence-corrected chi connectivity index (χ1v) is 14.7. The smallest absolute Gasteiger partial charge is 0.305 e. The van der Waals surface area contributed by atoms with Crippen molar-refractivity contribution in [3.05, 3.63) is 53.0 Å². The molecule has 38 heavy (non-hydrogen) atoms. The van der Waals surface area contributed by atoms with Crippen LogP contribution in [0.15, 0.2) is 30.3 Å². The highest BCUT2D eigenvalue weighted by Crippen LogP contribution is 2.41. The second-order valence-electron chi connectivity index (χ2n) is 10.7. The van der Waals surface area contributed by atoms with Crippen LogP contribution in [-0.2, 0) is 30.7 Å². The van der Waals surface area contributed by atoms with Gasteiger partial charge in [0.2, 0.25) is 10.0 Å². The maximum Gasteiger partial charge on any atom is 0.305 e. The summed E-state index contributed by atoms with van der Waals surface area (Å²) in [5, 5.41) is 9.28. The molecule has 1 aromatic heterocycles. The van der Waals surface area contributed by atoms with Crippen LogP contribution >= 0.6 is 0 Å². The van der Waals surface area contributed by atoms with Crippen molar-refractivity contribution in [1.82, 2.24) is 4.98 Å². The molecule has 1 aromatic carbocycles. The van der Waals surface area contributed by atoms with Crippen LogP contribution in [0.2, 0.25) is 0 Å². The molecule has 4 rings (SSSR count). The minimum Gasteiger partial charge on any atom is -0.481 e. The molecule has 0 amide bonds. The number of sulfonamides is 1. The van der Waals surface area contributed by atoms with E-state index in [1.54, 1.807) is 26.0 Å². The van der Waals surface area contributed by atoms with Crippen molar-refractivity contribution in [3.8, 4) is 11.1 Å². The lowest BCUT2D eigenvalue weighted by molar-refractivity contribution is -0.290. The third kappa shape index (κ3) is 6.24. The molecule has 1 N–H and O–H groups in total. The van der Waals surface area contributed by atoms with E-state index in [2.05, 4.69) is 0 Å². The van der Waals surface area contributed by atoms with E-state index in [1.165, 1.54) is 22.7 Å². The molecule has 206 valence electrons. The summed E-state index contributed by atoms with van der Waals surface area (Å²) in [5.74, 6) is -1.89. The molecule has 0 spiro atoms. The van der Waals surface area contributed by atoms with Gasteiger partial charge < -0.3 is 14.6 Å². The van der Waals surface area contributed by atoms with E-state index in [1.807, 2.05) is 26.0 Å². The number of anilines is 1. The number of carbonyl (C=O) groups is 1. The fourth-order valence-corrected chi connectivity index (χ4v) is 6.19. The maximum atomic E-state index is 13.9. The van der Waals surface area contributed by atoms with Gasteiger partial charge in [0.15, 0.2) is 5.79 Å². The summed E-state index contributed by atoms with van der Waals surface area (Å²) in [6, 6.07) is 6.18. The third-order valence-corrected chi connectivity index (χ3v) is 7.86. The van der Waals surface area contributed by atoms with Gasteiger partial charge in [-0.2, -0.15) is 0 Å². The van der Waals surface area contributed by atoms with Crippen LogP contribution in [0.4, 0.5) is 10.2 Å². The van der Waals surface area contributed by atoms with Crippen molar-refractivity contribution in [3.63, 3.8) is 0 Å². The third-order valence-electron chi connectivity index (χ3n) is 6.71. The molecular weight excluding hydrogens is 511 g/mol. The molecule has 8 nitrogen and oxygen atoms in total. The van der Waals surface area contributed by atoms with Gasteiger partial charge in [-0.1, -0.05) is 38.1 Å². The number of fused-ring (bicyclic) bond motifs is 1. The molecular formula is C28H35FN2O6S. The lowest BCUT2D eigenvalue weighted by atomic mass is 9.87. The molecule has 1 saturated heterocycles. The van der Waals surface area contributed by atoms with E-state index < -0.39 is 34.0 Å². The Balaban J connectivity index is 1.88. The number of hydrogen-bond acceptors (Lipinski definition) is 6. The van der Waals surface area contributed by atoms with Gasteiger partial charge >= 0.3 is 5.97 Å². The summed E-state index contributed by atoms with van der Waals surface area (Å²) in [6.07, 6.45) is 5.58. The van der Waals surface area contributed by atoms with Crippen LogP contribution in [-0.4, -0.2) is 55.3 Å². The van der Waals surface area contributed by atoms with Crippen LogP contribution in [0.5, 0.6) is 0 Å². The highest BCUT2D eigenvalue weighted by molar-refractivity contribution is 7.92. The van der Waals surface area contributed by atoms with Gasteiger partial charge in [0.25, 0.3) is 0 Å². The van der Waals surface area contributed by atoms with Gasteiger partial charge in [-0.15, -0.1) is 0 Å². The fourth-order valence-electron chi connectivity index (χ4n) is 5.26. The zero-order valence-corrected chi connectivity index (χ0v) is 23.2. The first kappa shape index (κ1) is 28.2. The lowest BCUT2D eigenvalue weighted by Gasteiger charge is -2.39. The van der Waals surface area contributed by atoms with Crippen molar-refractivity contribution in [1.29, 1.82) is 0 Å². The lowest BCUT2D eigenvalue weighted by Crippen LogP contribution is -2.44. The Morgan fingerprint density at radius 3 is 2.55 bits per heavy atom. The van der Waals surface area contributed by atoms with Crippen molar-refractivity contribution < 1.29 is 32.2 Å². The second kappa shape index (κ2) is 10.7. The molecule has 2 aromatic rings. The topological polar surface area (TPSA) is 106 Å². The summed E-state index contributed by atoms with van der Waals surface area (Å²) >= 11 is 0. The quantitative estimate of drug-likeness (QED) is 0.514. The summed E-state index contributed by atoms with van der Waals surface area (Å²) in [6.45, 7) is 7.84. The average molecular weight is 547 g/mol. The standard InChI is InChI=1S/C28H35FN2O6S/c1-17(2)26-22(13-12-20-15-21(16-24(32)33)37-28(3,4)36-20)25(18-8-10-19(29)11-9-18)23-7-6-14-31(27(23)30-26)38(5,34)35/h8-13,17,20-21H,6-7,14-16H2,1-5H3,(H,32,33)/b13-12+/t20-,21-/m1/s1. The first-order chi connectivity index (χ1) is 17.7. The molecule has 0 unspecified atom stereocenters. The molecule has 2 aliphatic heterocycles. The first-order valence-electron chi connectivity index (χ1n) is 12.8. The highest BCUT2D eigenvalue weighted by atomic mass is 32.2. The number of halogens is 1. The molecule has 2 aliphatic rings. The number of benzene rings is 1. The fraction of sp³-hybridized carbons (Fsp3) is 0.500. The Morgan fingerprint density at radius 2 is 1.95 bits per heavy atom. The predicted molar refractivity (Wildman–Crippen MR) is 144 cm³/mol. The van der Waals surface area contributed by atoms with E-state index in [4.69, 9.17) is 14.5 Å². The van der Waals surface area contributed by atoms with E-state index in [0.29, 0.717) is 37.3 Å². The zero-order chi connectivity index (χ0) is 27.8. The zero-order valence-electron chi connectivity index (χ0n) is 22.4. The Hall–Kier alpha value is -2.82. The average Bonchev–Trinajstić information content (AvgIpc) is 2.80. The summed E-state index contributed by atoms with van der Waals surface area (Å²) in [5.41, 5.74) is 3.90. The number of nitrogens with zero attached hydrogens (tertiary/aromatic N) is 2. The van der Waals surface area contributed by atoms with Crippen molar-refractivity contribution in [2.24, 2.45) is 0 Å². The summed E-state index contributed by atoms with van der Waals surface area (Å²) in [7, 11) is -3.55. The van der Waals surface area contributed by atoms with Crippen molar-refractivity contribution >= 4 is 27.9 Å². The summed E-state index contributed by atoms with van der Waals surface area (Å²) < 4.78 is 52.4. The molecule has 10 heteroatoms. The number of carboxylic acid groups (broad SMARTS) is 1. The van der Waals surface area contributed by atoms with Gasteiger partial charge in [0.05, 0.1) is 30.6 Å². The number of hydrogen-bond donors (Lipinski definition) is 1. The highest BCUT2D eigenvalue weighted by Gasteiger charge is 2.36. The van der Waals surface area contributed by atoms with Crippen LogP contribution in [0.25, 0.3) is 17.2 Å². The van der Waals surface area contributed by atoms with Crippen LogP contribution in [0.1, 0.15) is 69.7 Å². The molecule has 0 bridgehead atoms. The normalized spacial score (nSPS) is 21.6. The van der Waals surface area contributed by atoms with Gasteiger partial charge in [0.1, 0.15) is 11.6 Å². The molecule has 3 heterocycles. The van der Waals surface area contributed by atoms with E-state index in [9.17, 15) is 22.7 Å². The second-order valence-corrected chi connectivity index (χ2v) is 12.6. The van der Waals surface area contributed by atoms with E-state index in [-0.39, 0.29) is 18.2 Å². The number of aromatic nitrogens is 1. The van der Waals surface area contributed by atoms with Crippen LogP contribution in [0, 0.1) is 5.82 Å². The molecule has 0 aliphatic carbocycles. The largest absolute Gasteiger partial charge is 0.481 e. The monoisotopic (exact) mass is 546 g/mol. The van der Waals surface area contributed by atoms with Gasteiger partial charge in [-0.3, -0.25) is 9.10 Å². The minimum absolute atomic E-state index is 0.0470. The molecule has 0 radical (unpaired) electrons. The Morgan fingerprint density at radius 1 is 1.26 bits per heavy atom. The predicted octanol–water partition coefficient (Wildman–Crippen LogP) is 5.12. The number of pyridine rings is 1. The number of ether oxygens (including phenoxy) is 2. The van der Waals surface area contributed by atoms with Crippen LogP contribution < -0.4 is 4.31 Å². The van der Waals surface area contributed by atoms with Crippen molar-refractivity contribution in [2.75, 3.05) is 17.1 Å². The number of aliphatic carboxylic acids is 1. The number of rotatable bonds is 7. The number of carboxylic acids is 1. The van der Waals surface area contributed by atoms with Gasteiger partial charge in [-0.05, 0) is 55.9 Å².